The lowest BCUT2D eigenvalue weighted by Crippen LogP contribution is -2.25. The third-order valence-electron chi connectivity index (χ3n) is 3.06. The minimum absolute atomic E-state index is 0.461. The van der Waals surface area contributed by atoms with Crippen LogP contribution in [0.3, 0.4) is 0 Å². The van der Waals surface area contributed by atoms with E-state index in [2.05, 4.69) is 26.1 Å². The second-order valence-corrected chi connectivity index (χ2v) is 5.40. The van der Waals surface area contributed by atoms with Crippen molar-refractivity contribution in [2.45, 2.75) is 45.8 Å². The van der Waals surface area contributed by atoms with E-state index in [1.165, 1.54) is 0 Å². The molecule has 0 aliphatic heterocycles. The molecule has 0 aromatic heterocycles. The number of hydrogen-bond donors (Lipinski definition) is 1. The minimum atomic E-state index is -4.24. The quantitative estimate of drug-likeness (QED) is 0.816. The highest BCUT2D eigenvalue weighted by Gasteiger charge is 2.29. The van der Waals surface area contributed by atoms with E-state index in [4.69, 9.17) is 0 Å². The second-order valence-electron chi connectivity index (χ2n) is 5.40. The average molecular weight is 273 g/mol. The van der Waals surface area contributed by atoms with Crippen molar-refractivity contribution >= 4 is 0 Å². The summed E-state index contributed by atoms with van der Waals surface area (Å²) >= 11 is 0. The van der Waals surface area contributed by atoms with E-state index in [9.17, 15) is 13.2 Å². The summed E-state index contributed by atoms with van der Waals surface area (Å²) in [4.78, 5) is 0. The number of hydrogen-bond acceptors (Lipinski definition) is 1. The number of benzene rings is 1. The Kier molecular flexibility index (Phi) is 5.85. The van der Waals surface area contributed by atoms with Gasteiger partial charge in [-0.25, -0.2) is 0 Å². The molecule has 19 heavy (non-hydrogen) atoms. The zero-order valence-corrected chi connectivity index (χ0v) is 11.7. The summed E-state index contributed by atoms with van der Waals surface area (Å²) in [5.74, 6) is 0.461. The van der Waals surface area contributed by atoms with Crippen LogP contribution in [-0.4, -0.2) is 12.6 Å². The van der Waals surface area contributed by atoms with Crippen LogP contribution in [0, 0.1) is 5.92 Å². The maximum atomic E-state index is 12.4. The van der Waals surface area contributed by atoms with Gasteiger partial charge in [0, 0.05) is 6.04 Å². The molecule has 0 fully saturated rings. The van der Waals surface area contributed by atoms with Crippen LogP contribution in [0.15, 0.2) is 24.3 Å². The molecular formula is C15H22F3N. The fourth-order valence-electron chi connectivity index (χ4n) is 1.95. The van der Waals surface area contributed by atoms with Crippen LogP contribution in [-0.2, 0) is 12.6 Å². The van der Waals surface area contributed by atoms with Crippen LogP contribution >= 0.6 is 0 Å². The molecule has 0 aliphatic carbocycles. The van der Waals surface area contributed by atoms with Gasteiger partial charge in [-0.3, -0.25) is 0 Å². The molecule has 0 spiro atoms. The Morgan fingerprint density at radius 1 is 1.05 bits per heavy atom. The van der Waals surface area contributed by atoms with Crippen molar-refractivity contribution in [3.63, 3.8) is 0 Å². The first-order chi connectivity index (χ1) is 8.79. The fourth-order valence-corrected chi connectivity index (χ4v) is 1.95. The van der Waals surface area contributed by atoms with Gasteiger partial charge in [0.15, 0.2) is 0 Å². The molecule has 0 aliphatic rings. The zero-order valence-electron chi connectivity index (χ0n) is 11.7. The minimum Gasteiger partial charge on any atom is -0.315 e. The monoisotopic (exact) mass is 273 g/mol. The van der Waals surface area contributed by atoms with Crippen LogP contribution in [0.25, 0.3) is 0 Å². The fraction of sp³-hybridized carbons (Fsp3) is 0.600. The van der Waals surface area contributed by atoms with Crippen LogP contribution in [0.2, 0.25) is 0 Å². The molecule has 0 radical (unpaired) electrons. The summed E-state index contributed by atoms with van der Waals surface area (Å²) in [6.45, 7) is 7.26. The highest BCUT2D eigenvalue weighted by molar-refractivity contribution is 5.24. The Balaban J connectivity index is 2.44. The van der Waals surface area contributed by atoms with Gasteiger partial charge in [-0.15, -0.1) is 0 Å². The Bertz CT molecular complexity index is 368. The van der Waals surface area contributed by atoms with Gasteiger partial charge < -0.3 is 5.32 Å². The van der Waals surface area contributed by atoms with Gasteiger partial charge in [0.1, 0.15) is 0 Å². The number of rotatable bonds is 6. The number of alkyl halides is 3. The van der Waals surface area contributed by atoms with Crippen molar-refractivity contribution in [1.82, 2.24) is 5.32 Å². The predicted octanol–water partition coefficient (Wildman–Crippen LogP) is 4.27. The van der Waals surface area contributed by atoms with Crippen molar-refractivity contribution in [3.8, 4) is 0 Å². The second kappa shape index (κ2) is 6.94. The summed E-state index contributed by atoms with van der Waals surface area (Å²) in [7, 11) is 0. The van der Waals surface area contributed by atoms with Crippen LogP contribution in [0.4, 0.5) is 13.2 Å². The first-order valence-electron chi connectivity index (χ1n) is 6.68. The van der Waals surface area contributed by atoms with E-state index in [0.29, 0.717) is 12.0 Å². The summed E-state index contributed by atoms with van der Waals surface area (Å²) < 4.78 is 37.2. The highest BCUT2D eigenvalue weighted by atomic mass is 19.4. The van der Waals surface area contributed by atoms with E-state index in [0.717, 1.165) is 37.1 Å². The lowest BCUT2D eigenvalue weighted by molar-refractivity contribution is -0.137. The summed E-state index contributed by atoms with van der Waals surface area (Å²) in [5, 5.41) is 3.34. The molecule has 0 amide bonds. The Hall–Kier alpha value is -1.03. The van der Waals surface area contributed by atoms with Gasteiger partial charge in [-0.2, -0.15) is 13.2 Å². The maximum absolute atomic E-state index is 12.4. The van der Waals surface area contributed by atoms with Crippen molar-refractivity contribution in [1.29, 1.82) is 0 Å². The van der Waals surface area contributed by atoms with Crippen LogP contribution < -0.4 is 5.32 Å². The van der Waals surface area contributed by atoms with Crippen molar-refractivity contribution in [2.75, 3.05) is 6.54 Å². The summed E-state index contributed by atoms with van der Waals surface area (Å²) in [6.07, 6.45) is -2.40. The number of halogens is 3. The van der Waals surface area contributed by atoms with E-state index in [-0.39, 0.29) is 0 Å². The molecule has 4 heteroatoms. The molecule has 0 saturated heterocycles. The standard InChI is InChI=1S/C15H22F3N/c1-11(2)19-9-8-12(3)10-13-4-6-14(7-5-13)15(16,17)18/h4-7,11-12,19H,8-10H2,1-3H3. The highest BCUT2D eigenvalue weighted by Crippen LogP contribution is 2.29. The van der Waals surface area contributed by atoms with Gasteiger partial charge in [0.05, 0.1) is 5.56 Å². The molecule has 1 N–H and O–H groups in total. The zero-order chi connectivity index (χ0) is 14.5. The van der Waals surface area contributed by atoms with E-state index in [1.54, 1.807) is 12.1 Å². The smallest absolute Gasteiger partial charge is 0.315 e. The lowest BCUT2D eigenvalue weighted by Gasteiger charge is -2.14. The summed E-state index contributed by atoms with van der Waals surface area (Å²) in [6, 6.07) is 5.95. The van der Waals surface area contributed by atoms with Gasteiger partial charge >= 0.3 is 6.18 Å². The molecular weight excluding hydrogens is 251 g/mol. The molecule has 1 unspecified atom stereocenters. The molecule has 1 aromatic rings. The summed E-state index contributed by atoms with van der Waals surface area (Å²) in [5.41, 5.74) is 0.385. The topological polar surface area (TPSA) is 12.0 Å². The molecule has 1 atom stereocenters. The van der Waals surface area contributed by atoms with Crippen molar-refractivity contribution in [3.05, 3.63) is 35.4 Å². The molecule has 0 saturated carbocycles. The molecule has 1 rings (SSSR count). The van der Waals surface area contributed by atoms with Gasteiger partial charge in [0.2, 0.25) is 0 Å². The molecule has 0 heterocycles. The first kappa shape index (κ1) is 16.0. The van der Waals surface area contributed by atoms with Crippen LogP contribution in [0.5, 0.6) is 0 Å². The third-order valence-corrected chi connectivity index (χ3v) is 3.06. The molecule has 1 nitrogen and oxygen atoms in total. The van der Waals surface area contributed by atoms with Crippen molar-refractivity contribution < 1.29 is 13.2 Å². The Morgan fingerprint density at radius 2 is 1.63 bits per heavy atom. The Labute approximate surface area is 113 Å². The van der Waals surface area contributed by atoms with E-state index in [1.807, 2.05) is 0 Å². The van der Waals surface area contributed by atoms with Gasteiger partial charge in [-0.1, -0.05) is 32.9 Å². The van der Waals surface area contributed by atoms with Crippen molar-refractivity contribution in [2.24, 2.45) is 5.92 Å². The molecule has 0 bridgehead atoms. The van der Waals surface area contributed by atoms with Gasteiger partial charge in [-0.05, 0) is 43.0 Å². The van der Waals surface area contributed by atoms with E-state index < -0.39 is 11.7 Å². The van der Waals surface area contributed by atoms with E-state index >= 15 is 0 Å². The largest absolute Gasteiger partial charge is 0.416 e. The average Bonchev–Trinajstić information content (AvgIpc) is 2.27. The SMILES string of the molecule is CC(CCNC(C)C)Cc1ccc(C(F)(F)F)cc1. The Morgan fingerprint density at radius 3 is 2.11 bits per heavy atom. The maximum Gasteiger partial charge on any atom is 0.416 e. The van der Waals surface area contributed by atoms with Crippen LogP contribution in [0.1, 0.15) is 38.3 Å². The predicted molar refractivity (Wildman–Crippen MR) is 72.1 cm³/mol. The van der Waals surface area contributed by atoms with Gasteiger partial charge in [0.25, 0.3) is 0 Å². The third kappa shape index (κ3) is 6.10. The first-order valence-corrected chi connectivity index (χ1v) is 6.68. The molecule has 1 aromatic carbocycles. The lowest BCUT2D eigenvalue weighted by atomic mass is 9.97. The number of nitrogens with one attached hydrogen (secondary N) is 1. The molecule has 108 valence electrons. The normalized spacial score (nSPS) is 13.8.